The van der Waals surface area contributed by atoms with Gasteiger partial charge in [-0.25, -0.2) is 0 Å². The number of fused-ring (bicyclic) bond motifs is 1. The number of carbonyl (C=O) groups excluding carboxylic acids is 2. The smallest absolute Gasteiger partial charge is 0.416 e. The lowest BCUT2D eigenvalue weighted by molar-refractivity contribution is -0.137. The van der Waals surface area contributed by atoms with Crippen LogP contribution >= 0.6 is 11.3 Å². The molecule has 1 unspecified atom stereocenters. The maximum atomic E-state index is 13.3. The first-order valence-electron chi connectivity index (χ1n) is 9.57. The van der Waals surface area contributed by atoms with Crippen LogP contribution in [0.4, 0.5) is 13.2 Å². The van der Waals surface area contributed by atoms with Crippen molar-refractivity contribution in [2.75, 3.05) is 6.54 Å². The van der Waals surface area contributed by atoms with Gasteiger partial charge in [0, 0.05) is 23.9 Å². The van der Waals surface area contributed by atoms with Crippen LogP contribution in [0.1, 0.15) is 44.9 Å². The van der Waals surface area contributed by atoms with Crippen molar-refractivity contribution in [3.8, 4) is 5.75 Å². The molecule has 1 aliphatic heterocycles. The van der Waals surface area contributed by atoms with E-state index in [2.05, 4.69) is 0 Å². The third-order valence-electron chi connectivity index (χ3n) is 5.14. The first kappa shape index (κ1) is 21.1. The van der Waals surface area contributed by atoms with E-state index >= 15 is 0 Å². The number of alkyl halides is 3. The van der Waals surface area contributed by atoms with E-state index in [0.717, 1.165) is 22.6 Å². The number of halogens is 3. The van der Waals surface area contributed by atoms with E-state index in [1.54, 1.807) is 40.5 Å². The first-order chi connectivity index (χ1) is 14.7. The van der Waals surface area contributed by atoms with Gasteiger partial charge in [-0.1, -0.05) is 12.1 Å². The van der Waals surface area contributed by atoms with Crippen LogP contribution < -0.4 is 4.74 Å². The molecule has 0 aliphatic carbocycles. The van der Waals surface area contributed by atoms with Gasteiger partial charge in [0.15, 0.2) is 0 Å². The molecule has 0 radical (unpaired) electrons. The minimum Gasteiger partial charge on any atom is -0.427 e. The molecular weight excluding hydrogens is 427 g/mol. The van der Waals surface area contributed by atoms with E-state index in [4.69, 9.17) is 4.74 Å². The lowest BCUT2D eigenvalue weighted by Crippen LogP contribution is -2.40. The zero-order chi connectivity index (χ0) is 22.2. The summed E-state index contributed by atoms with van der Waals surface area (Å²) in [6, 6.07) is 12.7. The molecule has 0 N–H and O–H groups in total. The molecule has 0 bridgehead atoms. The third kappa shape index (κ3) is 4.34. The minimum atomic E-state index is -4.42. The molecule has 2 aromatic carbocycles. The summed E-state index contributed by atoms with van der Waals surface area (Å²) in [6.07, 6.45) is -3.74. The Balaban J connectivity index is 1.67. The number of ether oxygens (including phenoxy) is 1. The van der Waals surface area contributed by atoms with Crippen LogP contribution in [0, 0.1) is 0 Å². The van der Waals surface area contributed by atoms with E-state index in [-0.39, 0.29) is 5.91 Å². The molecule has 1 amide bonds. The summed E-state index contributed by atoms with van der Waals surface area (Å²) in [6.45, 7) is 1.74. The zero-order valence-corrected chi connectivity index (χ0v) is 17.3. The molecule has 4 nitrogen and oxygen atoms in total. The second kappa shape index (κ2) is 8.19. The van der Waals surface area contributed by atoms with E-state index in [1.807, 2.05) is 11.4 Å². The number of esters is 1. The van der Waals surface area contributed by atoms with Crippen LogP contribution in [-0.2, 0) is 17.4 Å². The van der Waals surface area contributed by atoms with Gasteiger partial charge in [0.1, 0.15) is 5.75 Å². The highest BCUT2D eigenvalue weighted by Gasteiger charge is 2.35. The number of thiophene rings is 1. The van der Waals surface area contributed by atoms with E-state index in [1.165, 1.54) is 19.1 Å². The monoisotopic (exact) mass is 445 g/mol. The fraction of sp³-hybridized carbons (Fsp3) is 0.217. The molecular formula is C23H18F3NO3S. The summed E-state index contributed by atoms with van der Waals surface area (Å²) in [5, 5.41) is 1.93. The fourth-order valence-corrected chi connectivity index (χ4v) is 4.65. The average Bonchev–Trinajstić information content (AvgIpc) is 3.21. The van der Waals surface area contributed by atoms with Crippen molar-refractivity contribution in [2.24, 2.45) is 0 Å². The maximum absolute atomic E-state index is 13.3. The Kier molecular flexibility index (Phi) is 5.58. The summed E-state index contributed by atoms with van der Waals surface area (Å²) in [7, 11) is 0. The summed E-state index contributed by atoms with van der Waals surface area (Å²) in [5.74, 6) is -0.360. The molecule has 160 valence electrons. The summed E-state index contributed by atoms with van der Waals surface area (Å²) >= 11 is 1.58. The molecule has 1 aromatic heterocycles. The molecule has 8 heteroatoms. The number of carbonyl (C=O) groups is 2. The Bertz CT molecular complexity index is 1100. The normalized spacial score (nSPS) is 16.0. The standard InChI is InChI=1S/C23H18F3NO3S/c1-14(28)30-18-8-4-16(5-9-18)22(29)27-12-10-20-19(11-13-31-20)21(27)15-2-6-17(7-3-15)23(24,25)26/h2-9,11,13,21H,10,12H2,1H3. The van der Waals surface area contributed by atoms with Gasteiger partial charge in [-0.2, -0.15) is 13.2 Å². The van der Waals surface area contributed by atoms with Crippen molar-refractivity contribution >= 4 is 23.2 Å². The van der Waals surface area contributed by atoms with Crippen LogP contribution in [0.3, 0.4) is 0 Å². The highest BCUT2D eigenvalue weighted by molar-refractivity contribution is 7.10. The number of nitrogens with zero attached hydrogens (tertiary/aromatic N) is 1. The minimum absolute atomic E-state index is 0.240. The molecule has 0 saturated carbocycles. The number of hydrogen-bond donors (Lipinski definition) is 0. The second-order valence-electron chi connectivity index (χ2n) is 7.19. The molecule has 31 heavy (non-hydrogen) atoms. The molecule has 0 fully saturated rings. The van der Waals surface area contributed by atoms with E-state index in [9.17, 15) is 22.8 Å². The van der Waals surface area contributed by atoms with Gasteiger partial charge >= 0.3 is 12.1 Å². The molecule has 1 atom stereocenters. The Labute approximate surface area is 180 Å². The van der Waals surface area contributed by atoms with Crippen molar-refractivity contribution in [3.05, 3.63) is 87.1 Å². The van der Waals surface area contributed by atoms with Crippen LogP contribution in [-0.4, -0.2) is 23.3 Å². The SMILES string of the molecule is CC(=O)Oc1ccc(C(=O)N2CCc3sccc3C2c2ccc(C(F)(F)F)cc2)cc1. The first-order valence-corrected chi connectivity index (χ1v) is 10.4. The summed E-state index contributed by atoms with van der Waals surface area (Å²) < 4.78 is 44.0. The summed E-state index contributed by atoms with van der Waals surface area (Å²) in [4.78, 5) is 27.2. The average molecular weight is 445 g/mol. The molecule has 4 rings (SSSR count). The number of amides is 1. The molecule has 3 aromatic rings. The molecule has 0 saturated heterocycles. The number of rotatable bonds is 3. The van der Waals surface area contributed by atoms with Gasteiger partial charge in [-0.15, -0.1) is 11.3 Å². The lowest BCUT2D eigenvalue weighted by atomic mass is 9.92. The van der Waals surface area contributed by atoms with Crippen molar-refractivity contribution < 1.29 is 27.5 Å². The van der Waals surface area contributed by atoms with Gasteiger partial charge in [0.2, 0.25) is 0 Å². The van der Waals surface area contributed by atoms with Crippen molar-refractivity contribution in [1.29, 1.82) is 0 Å². The zero-order valence-electron chi connectivity index (χ0n) is 16.5. The highest BCUT2D eigenvalue weighted by Crippen LogP contribution is 2.39. The topological polar surface area (TPSA) is 46.6 Å². The van der Waals surface area contributed by atoms with Crippen molar-refractivity contribution in [3.63, 3.8) is 0 Å². The van der Waals surface area contributed by atoms with Crippen LogP contribution in [0.2, 0.25) is 0 Å². The van der Waals surface area contributed by atoms with Gasteiger partial charge in [0.05, 0.1) is 11.6 Å². The van der Waals surface area contributed by atoms with Crippen LogP contribution in [0.5, 0.6) is 5.75 Å². The Morgan fingerprint density at radius 2 is 1.71 bits per heavy atom. The van der Waals surface area contributed by atoms with Crippen molar-refractivity contribution in [2.45, 2.75) is 25.6 Å². The van der Waals surface area contributed by atoms with Crippen LogP contribution in [0.15, 0.2) is 60.0 Å². The molecule has 2 heterocycles. The largest absolute Gasteiger partial charge is 0.427 e. The fourth-order valence-electron chi connectivity index (χ4n) is 3.75. The maximum Gasteiger partial charge on any atom is 0.416 e. The lowest BCUT2D eigenvalue weighted by Gasteiger charge is -2.36. The molecule has 1 aliphatic rings. The Morgan fingerprint density at radius 1 is 1.03 bits per heavy atom. The van der Waals surface area contributed by atoms with Gasteiger partial charge < -0.3 is 9.64 Å². The predicted molar refractivity (Wildman–Crippen MR) is 110 cm³/mol. The Hall–Kier alpha value is -3.13. The number of benzene rings is 2. The van der Waals surface area contributed by atoms with E-state index < -0.39 is 23.8 Å². The number of hydrogen-bond acceptors (Lipinski definition) is 4. The highest BCUT2D eigenvalue weighted by atomic mass is 32.1. The second-order valence-corrected chi connectivity index (χ2v) is 8.19. The molecule has 0 spiro atoms. The van der Waals surface area contributed by atoms with Crippen molar-refractivity contribution in [1.82, 2.24) is 4.90 Å². The Morgan fingerprint density at radius 3 is 2.32 bits per heavy atom. The van der Waals surface area contributed by atoms with Gasteiger partial charge in [-0.05, 0) is 65.4 Å². The van der Waals surface area contributed by atoms with Crippen LogP contribution in [0.25, 0.3) is 0 Å². The predicted octanol–water partition coefficient (Wildman–Crippen LogP) is 5.48. The quantitative estimate of drug-likeness (QED) is 0.396. The van der Waals surface area contributed by atoms with E-state index in [0.29, 0.717) is 29.8 Å². The summed E-state index contributed by atoms with van der Waals surface area (Å²) in [5.41, 5.74) is 1.24. The third-order valence-corrected chi connectivity index (χ3v) is 6.14. The van der Waals surface area contributed by atoms with Gasteiger partial charge in [0.25, 0.3) is 5.91 Å². The van der Waals surface area contributed by atoms with Gasteiger partial charge in [-0.3, -0.25) is 9.59 Å².